The van der Waals surface area contributed by atoms with E-state index >= 15 is 0 Å². The fourth-order valence-electron chi connectivity index (χ4n) is 1.87. The molecule has 1 aromatic carbocycles. The summed E-state index contributed by atoms with van der Waals surface area (Å²) in [7, 11) is 0. The van der Waals surface area contributed by atoms with Gasteiger partial charge in [-0.1, -0.05) is 47.1 Å². The van der Waals surface area contributed by atoms with Crippen molar-refractivity contribution in [1.82, 2.24) is 14.8 Å². The average Bonchev–Trinajstić information content (AvgIpc) is 2.81. The molecule has 0 aliphatic heterocycles. The number of benzene rings is 1. The van der Waals surface area contributed by atoms with Crippen LogP contribution in [0.3, 0.4) is 0 Å². The van der Waals surface area contributed by atoms with Gasteiger partial charge in [0.15, 0.2) is 5.82 Å². The van der Waals surface area contributed by atoms with Crippen molar-refractivity contribution in [3.8, 4) is 11.4 Å². The monoisotopic (exact) mass is 293 g/mol. The van der Waals surface area contributed by atoms with Gasteiger partial charge in [0, 0.05) is 12.1 Å². The van der Waals surface area contributed by atoms with Gasteiger partial charge in [-0.25, -0.2) is 0 Å². The Labute approximate surface area is 110 Å². The zero-order valence-corrected chi connectivity index (χ0v) is 11.7. The summed E-state index contributed by atoms with van der Waals surface area (Å²) in [6.07, 6.45) is 1.06. The van der Waals surface area contributed by atoms with E-state index in [0.29, 0.717) is 0 Å². The van der Waals surface area contributed by atoms with Gasteiger partial charge in [0.05, 0.1) is 5.33 Å². The Balaban J connectivity index is 2.41. The molecule has 0 fully saturated rings. The minimum Gasteiger partial charge on any atom is -0.311 e. The highest BCUT2D eigenvalue weighted by molar-refractivity contribution is 9.08. The summed E-state index contributed by atoms with van der Waals surface area (Å²) in [4.78, 5) is 0. The van der Waals surface area contributed by atoms with Crippen LogP contribution >= 0.6 is 15.9 Å². The van der Waals surface area contributed by atoms with Crippen LogP contribution in [0.4, 0.5) is 0 Å². The largest absolute Gasteiger partial charge is 0.311 e. The molecule has 0 aliphatic carbocycles. The summed E-state index contributed by atoms with van der Waals surface area (Å²) in [5.74, 6) is 1.92. The Morgan fingerprint density at radius 2 is 1.82 bits per heavy atom. The quantitative estimate of drug-likeness (QED) is 0.809. The summed E-state index contributed by atoms with van der Waals surface area (Å²) >= 11 is 3.43. The first-order valence-electron chi connectivity index (χ1n) is 5.87. The predicted octanol–water partition coefficient (Wildman–Crippen LogP) is 3.42. The maximum Gasteiger partial charge on any atom is 0.163 e. The zero-order valence-electron chi connectivity index (χ0n) is 10.2. The van der Waals surface area contributed by atoms with E-state index < -0.39 is 0 Å². The number of alkyl halides is 1. The summed E-state index contributed by atoms with van der Waals surface area (Å²) in [5, 5.41) is 9.19. The zero-order chi connectivity index (χ0) is 12.3. The Hall–Kier alpha value is -1.16. The molecule has 0 radical (unpaired) electrons. The van der Waals surface area contributed by atoms with Crippen LogP contribution in [0.25, 0.3) is 11.4 Å². The minimum absolute atomic E-state index is 0.737. The Kier molecular flexibility index (Phi) is 3.94. The first-order chi connectivity index (χ1) is 8.30. The summed E-state index contributed by atoms with van der Waals surface area (Å²) < 4.78 is 2.13. The molecule has 1 heterocycles. The van der Waals surface area contributed by atoms with E-state index in [1.165, 1.54) is 5.56 Å². The number of halogens is 1. The second-order valence-electron chi connectivity index (χ2n) is 3.87. The highest BCUT2D eigenvalue weighted by atomic mass is 79.9. The van der Waals surface area contributed by atoms with Crippen LogP contribution in [0.5, 0.6) is 0 Å². The molecule has 0 amide bonds. The van der Waals surface area contributed by atoms with E-state index in [4.69, 9.17) is 0 Å². The van der Waals surface area contributed by atoms with Crippen LogP contribution in [0, 0.1) is 0 Å². The molecule has 2 rings (SSSR count). The lowest BCUT2D eigenvalue weighted by Crippen LogP contribution is -2.01. The van der Waals surface area contributed by atoms with Crippen LogP contribution in [0.1, 0.15) is 25.2 Å². The maximum absolute atomic E-state index is 4.27. The van der Waals surface area contributed by atoms with E-state index in [9.17, 15) is 0 Å². The molecule has 90 valence electrons. The van der Waals surface area contributed by atoms with Crippen molar-refractivity contribution < 1.29 is 0 Å². The van der Waals surface area contributed by atoms with Gasteiger partial charge >= 0.3 is 0 Å². The van der Waals surface area contributed by atoms with E-state index in [1.807, 2.05) is 0 Å². The Morgan fingerprint density at radius 1 is 1.12 bits per heavy atom. The normalized spacial score (nSPS) is 10.8. The van der Waals surface area contributed by atoms with E-state index in [-0.39, 0.29) is 0 Å². The first kappa shape index (κ1) is 12.3. The number of rotatable bonds is 4. The lowest BCUT2D eigenvalue weighted by Gasteiger charge is -2.06. The third-order valence-corrected chi connectivity index (χ3v) is 3.39. The fourth-order valence-corrected chi connectivity index (χ4v) is 2.28. The molecule has 17 heavy (non-hydrogen) atoms. The lowest BCUT2D eigenvalue weighted by molar-refractivity contribution is 0.733. The molecular weight excluding hydrogens is 278 g/mol. The molecule has 3 nitrogen and oxygen atoms in total. The van der Waals surface area contributed by atoms with Crippen LogP contribution < -0.4 is 0 Å². The van der Waals surface area contributed by atoms with Crippen molar-refractivity contribution in [2.45, 2.75) is 32.1 Å². The number of aryl methyl sites for hydroxylation is 1. The van der Waals surface area contributed by atoms with Crippen molar-refractivity contribution in [1.29, 1.82) is 0 Å². The highest BCUT2D eigenvalue weighted by Gasteiger charge is 2.11. The van der Waals surface area contributed by atoms with Gasteiger partial charge in [-0.3, -0.25) is 0 Å². The van der Waals surface area contributed by atoms with Crippen LogP contribution in [-0.4, -0.2) is 14.8 Å². The Bertz CT molecular complexity index is 488. The minimum atomic E-state index is 0.737. The van der Waals surface area contributed by atoms with E-state index in [2.05, 4.69) is 68.8 Å². The molecule has 0 aliphatic rings. The first-order valence-corrected chi connectivity index (χ1v) is 6.99. The van der Waals surface area contributed by atoms with Crippen molar-refractivity contribution in [2.24, 2.45) is 0 Å². The third-order valence-electron chi connectivity index (χ3n) is 2.88. The molecule has 0 saturated carbocycles. The van der Waals surface area contributed by atoms with E-state index in [0.717, 1.165) is 35.5 Å². The number of aromatic nitrogens is 3. The van der Waals surface area contributed by atoms with Crippen molar-refractivity contribution in [2.75, 3.05) is 0 Å². The molecule has 0 saturated heterocycles. The lowest BCUT2D eigenvalue weighted by atomic mass is 10.1. The maximum atomic E-state index is 4.27. The summed E-state index contributed by atoms with van der Waals surface area (Å²) in [6, 6.07) is 8.54. The van der Waals surface area contributed by atoms with Gasteiger partial charge < -0.3 is 4.57 Å². The second kappa shape index (κ2) is 5.45. The van der Waals surface area contributed by atoms with Gasteiger partial charge in [0.1, 0.15) is 5.82 Å². The molecule has 0 bridgehead atoms. The molecule has 2 aromatic rings. The van der Waals surface area contributed by atoms with Crippen LogP contribution in [-0.2, 0) is 18.3 Å². The van der Waals surface area contributed by atoms with Gasteiger partial charge in [-0.15, -0.1) is 10.2 Å². The smallest absolute Gasteiger partial charge is 0.163 e. The topological polar surface area (TPSA) is 30.7 Å². The average molecular weight is 294 g/mol. The van der Waals surface area contributed by atoms with Crippen molar-refractivity contribution >= 4 is 15.9 Å². The SMILES string of the molecule is CCc1ccc(-c2nnc(CBr)n2CC)cc1. The van der Waals surface area contributed by atoms with Gasteiger partial charge in [0.25, 0.3) is 0 Å². The molecular formula is C13H16BrN3. The number of hydrogen-bond acceptors (Lipinski definition) is 2. The van der Waals surface area contributed by atoms with Gasteiger partial charge in [0.2, 0.25) is 0 Å². The highest BCUT2D eigenvalue weighted by Crippen LogP contribution is 2.20. The molecule has 4 heteroatoms. The van der Waals surface area contributed by atoms with Gasteiger partial charge in [-0.2, -0.15) is 0 Å². The number of nitrogens with zero attached hydrogens (tertiary/aromatic N) is 3. The van der Waals surface area contributed by atoms with Gasteiger partial charge in [-0.05, 0) is 18.9 Å². The summed E-state index contributed by atoms with van der Waals surface area (Å²) in [6.45, 7) is 5.16. The third kappa shape index (κ3) is 2.41. The second-order valence-corrected chi connectivity index (χ2v) is 4.43. The standard InChI is InChI=1S/C13H16BrN3/c1-3-10-5-7-11(8-6-10)13-16-15-12(9-14)17(13)4-2/h5-8H,3-4,9H2,1-2H3. The van der Waals surface area contributed by atoms with E-state index in [1.54, 1.807) is 0 Å². The van der Waals surface area contributed by atoms with Crippen LogP contribution in [0.15, 0.2) is 24.3 Å². The molecule has 0 spiro atoms. The van der Waals surface area contributed by atoms with Crippen LogP contribution in [0.2, 0.25) is 0 Å². The predicted molar refractivity (Wildman–Crippen MR) is 73.1 cm³/mol. The number of hydrogen-bond donors (Lipinski definition) is 0. The molecule has 0 atom stereocenters. The summed E-state index contributed by atoms with van der Waals surface area (Å²) in [5.41, 5.74) is 2.47. The molecule has 0 unspecified atom stereocenters. The Morgan fingerprint density at radius 3 is 2.35 bits per heavy atom. The van der Waals surface area contributed by atoms with Crippen molar-refractivity contribution in [3.63, 3.8) is 0 Å². The van der Waals surface area contributed by atoms with Crippen molar-refractivity contribution in [3.05, 3.63) is 35.7 Å². The molecule has 1 aromatic heterocycles. The fraction of sp³-hybridized carbons (Fsp3) is 0.385. The molecule has 0 N–H and O–H groups in total.